The Morgan fingerprint density at radius 1 is 1.03 bits per heavy atom. The van der Waals surface area contributed by atoms with E-state index < -0.39 is 28.5 Å². The molecular weight excluding hydrogens is 494 g/mol. The molecule has 1 N–H and O–H groups in total. The summed E-state index contributed by atoms with van der Waals surface area (Å²) in [6.07, 6.45) is 3.15. The second kappa shape index (κ2) is 13.9. The van der Waals surface area contributed by atoms with Gasteiger partial charge in [0.25, 0.3) is 0 Å². The first-order chi connectivity index (χ1) is 17.5. The lowest BCUT2D eigenvalue weighted by atomic mass is 10.1. The zero-order valence-electron chi connectivity index (χ0n) is 22.6. The molecule has 2 aromatic rings. The fraction of sp³-hybridized carbons (Fsp3) is 0.481. The van der Waals surface area contributed by atoms with Crippen molar-refractivity contribution in [2.24, 2.45) is 0 Å². The van der Waals surface area contributed by atoms with Gasteiger partial charge in [0.1, 0.15) is 24.1 Å². The van der Waals surface area contributed by atoms with Crippen molar-refractivity contribution in [3.05, 3.63) is 53.6 Å². The van der Waals surface area contributed by atoms with E-state index in [0.29, 0.717) is 18.7 Å². The molecule has 1 atom stereocenters. The summed E-state index contributed by atoms with van der Waals surface area (Å²) in [5.74, 6) is -0.0850. The summed E-state index contributed by atoms with van der Waals surface area (Å²) < 4.78 is 37.4. The van der Waals surface area contributed by atoms with E-state index in [-0.39, 0.29) is 23.9 Å². The van der Waals surface area contributed by atoms with Crippen molar-refractivity contribution in [3.63, 3.8) is 0 Å². The molecule has 2 aromatic carbocycles. The van der Waals surface area contributed by atoms with Gasteiger partial charge < -0.3 is 19.7 Å². The molecule has 10 heteroatoms. The first-order valence-electron chi connectivity index (χ1n) is 12.4. The zero-order chi connectivity index (χ0) is 27.6. The Balaban J connectivity index is 2.48. The van der Waals surface area contributed by atoms with Crippen LogP contribution in [0.3, 0.4) is 0 Å². The number of nitrogens with zero attached hydrogens (tertiary/aromatic N) is 2. The normalized spacial score (nSPS) is 11.9. The van der Waals surface area contributed by atoms with Crippen LogP contribution in [0.15, 0.2) is 42.5 Å². The summed E-state index contributed by atoms with van der Waals surface area (Å²) >= 11 is 0. The number of sulfonamides is 1. The Hall–Kier alpha value is -3.27. The Labute approximate surface area is 220 Å². The number of unbranched alkanes of at least 4 members (excludes halogenated alkanes) is 1. The highest BCUT2D eigenvalue weighted by molar-refractivity contribution is 7.92. The topological polar surface area (TPSA) is 105 Å². The highest BCUT2D eigenvalue weighted by Crippen LogP contribution is 2.34. The highest BCUT2D eigenvalue weighted by atomic mass is 32.2. The minimum Gasteiger partial charge on any atom is -0.497 e. The molecule has 0 aromatic heterocycles. The van der Waals surface area contributed by atoms with E-state index in [2.05, 4.69) is 5.32 Å². The number of amides is 2. The first-order valence-corrected chi connectivity index (χ1v) is 14.2. The summed E-state index contributed by atoms with van der Waals surface area (Å²) in [6, 6.07) is 11.6. The SMILES string of the molecule is CCCCNC(=O)[C@@H](CC)N(Cc1ccc(C)cc1)C(=O)CN(c1cc(OC)ccc1OC)S(C)(=O)=O. The second-order valence-electron chi connectivity index (χ2n) is 8.88. The van der Waals surface area contributed by atoms with Crippen LogP contribution in [0.4, 0.5) is 5.69 Å². The average molecular weight is 534 g/mol. The Morgan fingerprint density at radius 3 is 2.24 bits per heavy atom. The molecule has 0 heterocycles. The summed E-state index contributed by atoms with van der Waals surface area (Å²) in [7, 11) is -1.02. The Morgan fingerprint density at radius 2 is 1.70 bits per heavy atom. The lowest BCUT2D eigenvalue weighted by Gasteiger charge is -2.33. The molecular formula is C27H39N3O6S. The van der Waals surface area contributed by atoms with Gasteiger partial charge in [0.2, 0.25) is 21.8 Å². The number of rotatable bonds is 14. The molecule has 0 aliphatic carbocycles. The third-order valence-electron chi connectivity index (χ3n) is 6.02. The molecule has 204 valence electrons. The molecule has 2 rings (SSSR count). The van der Waals surface area contributed by atoms with Crippen LogP contribution in [-0.4, -0.2) is 64.7 Å². The van der Waals surface area contributed by atoms with Crippen molar-refractivity contribution >= 4 is 27.5 Å². The van der Waals surface area contributed by atoms with Gasteiger partial charge in [-0.2, -0.15) is 0 Å². The monoisotopic (exact) mass is 533 g/mol. The minimum absolute atomic E-state index is 0.158. The van der Waals surface area contributed by atoms with Gasteiger partial charge in [-0.3, -0.25) is 13.9 Å². The molecule has 0 saturated carbocycles. The van der Waals surface area contributed by atoms with Gasteiger partial charge in [-0.15, -0.1) is 0 Å². The number of aryl methyl sites for hydroxylation is 1. The summed E-state index contributed by atoms with van der Waals surface area (Å²) in [6.45, 7) is 5.99. The third-order valence-corrected chi connectivity index (χ3v) is 7.15. The summed E-state index contributed by atoms with van der Waals surface area (Å²) in [5.41, 5.74) is 2.08. The number of anilines is 1. The fourth-order valence-electron chi connectivity index (χ4n) is 3.90. The van der Waals surface area contributed by atoms with Crippen LogP contribution in [0.2, 0.25) is 0 Å². The minimum atomic E-state index is -3.90. The van der Waals surface area contributed by atoms with Gasteiger partial charge in [0.15, 0.2) is 0 Å². The standard InChI is InChI=1S/C27H39N3O6S/c1-7-9-16-28-27(32)23(8-2)29(18-21-12-10-20(3)11-13-21)26(31)19-30(37(6,33)34)24-17-22(35-4)14-15-25(24)36-5/h10-15,17,23H,7-9,16,18-19H2,1-6H3,(H,28,32)/t23-/m1/s1. The maximum Gasteiger partial charge on any atom is 0.244 e. The number of carbonyl (C=O) groups is 2. The number of hydrogen-bond donors (Lipinski definition) is 1. The van der Waals surface area contributed by atoms with E-state index in [1.165, 1.54) is 25.2 Å². The molecule has 0 spiro atoms. The molecule has 37 heavy (non-hydrogen) atoms. The van der Waals surface area contributed by atoms with Gasteiger partial charge in [-0.1, -0.05) is 50.1 Å². The molecule has 0 bridgehead atoms. The van der Waals surface area contributed by atoms with Crippen molar-refractivity contribution in [1.82, 2.24) is 10.2 Å². The lowest BCUT2D eigenvalue weighted by molar-refractivity contribution is -0.140. The maximum atomic E-state index is 13.8. The van der Waals surface area contributed by atoms with Gasteiger partial charge in [-0.05, 0) is 37.5 Å². The molecule has 0 aliphatic heterocycles. The van der Waals surface area contributed by atoms with Gasteiger partial charge in [-0.25, -0.2) is 8.42 Å². The predicted octanol–water partition coefficient (Wildman–Crippen LogP) is 3.50. The third kappa shape index (κ3) is 8.38. The van der Waals surface area contributed by atoms with Crippen LogP contribution in [0.5, 0.6) is 11.5 Å². The van der Waals surface area contributed by atoms with E-state index in [1.54, 1.807) is 12.1 Å². The number of carbonyl (C=O) groups excluding carboxylic acids is 2. The lowest BCUT2D eigenvalue weighted by Crippen LogP contribution is -2.52. The van der Waals surface area contributed by atoms with Gasteiger partial charge in [0, 0.05) is 19.2 Å². The Kier molecular flexibility index (Phi) is 11.2. The maximum absolute atomic E-state index is 13.8. The summed E-state index contributed by atoms with van der Waals surface area (Å²) in [4.78, 5) is 28.4. The largest absolute Gasteiger partial charge is 0.497 e. The Bertz CT molecular complexity index is 1150. The molecule has 0 fully saturated rings. The average Bonchev–Trinajstić information content (AvgIpc) is 2.87. The number of benzene rings is 2. The van der Waals surface area contributed by atoms with Crippen molar-refractivity contribution in [1.29, 1.82) is 0 Å². The highest BCUT2D eigenvalue weighted by Gasteiger charge is 2.32. The number of methoxy groups -OCH3 is 2. The number of nitrogens with one attached hydrogen (secondary N) is 1. The quantitative estimate of drug-likeness (QED) is 0.373. The van der Waals surface area contributed by atoms with Gasteiger partial charge >= 0.3 is 0 Å². The van der Waals surface area contributed by atoms with E-state index in [4.69, 9.17) is 9.47 Å². The molecule has 2 amide bonds. The van der Waals surface area contributed by atoms with Crippen LogP contribution in [0.1, 0.15) is 44.2 Å². The molecule has 0 aliphatic rings. The number of ether oxygens (including phenoxy) is 2. The van der Waals surface area contributed by atoms with Crippen molar-refractivity contribution in [2.75, 3.05) is 37.9 Å². The smallest absolute Gasteiger partial charge is 0.244 e. The zero-order valence-corrected chi connectivity index (χ0v) is 23.4. The van der Waals surface area contributed by atoms with E-state index in [1.807, 2.05) is 45.0 Å². The molecule has 0 saturated heterocycles. The predicted molar refractivity (Wildman–Crippen MR) is 145 cm³/mol. The van der Waals surface area contributed by atoms with Crippen LogP contribution in [-0.2, 0) is 26.2 Å². The van der Waals surface area contributed by atoms with Crippen molar-refractivity contribution < 1.29 is 27.5 Å². The second-order valence-corrected chi connectivity index (χ2v) is 10.8. The van der Waals surface area contributed by atoms with Crippen LogP contribution >= 0.6 is 0 Å². The van der Waals surface area contributed by atoms with Gasteiger partial charge in [0.05, 0.1) is 26.2 Å². The summed E-state index contributed by atoms with van der Waals surface area (Å²) in [5, 5.41) is 2.91. The van der Waals surface area contributed by atoms with Crippen LogP contribution in [0.25, 0.3) is 0 Å². The van der Waals surface area contributed by atoms with E-state index >= 15 is 0 Å². The fourth-order valence-corrected chi connectivity index (χ4v) is 4.75. The van der Waals surface area contributed by atoms with E-state index in [9.17, 15) is 18.0 Å². The number of hydrogen-bond acceptors (Lipinski definition) is 6. The molecule has 0 unspecified atom stereocenters. The van der Waals surface area contributed by atoms with Crippen LogP contribution in [0, 0.1) is 6.92 Å². The molecule has 0 radical (unpaired) electrons. The van der Waals surface area contributed by atoms with Crippen LogP contribution < -0.4 is 19.1 Å². The first kappa shape index (κ1) is 30.0. The van der Waals surface area contributed by atoms with Crippen molar-refractivity contribution in [2.45, 2.75) is 52.6 Å². The molecule has 9 nitrogen and oxygen atoms in total. The van der Waals surface area contributed by atoms with E-state index in [0.717, 1.165) is 34.5 Å². The van der Waals surface area contributed by atoms with Crippen molar-refractivity contribution in [3.8, 4) is 11.5 Å².